The minimum absolute atomic E-state index is 0.179. The van der Waals surface area contributed by atoms with Crippen LogP contribution >= 0.6 is 0 Å². The van der Waals surface area contributed by atoms with Crippen molar-refractivity contribution in [2.45, 2.75) is 38.6 Å². The summed E-state index contributed by atoms with van der Waals surface area (Å²) < 4.78 is 29.4. The molecule has 0 radical (unpaired) electrons. The van der Waals surface area contributed by atoms with E-state index in [0.29, 0.717) is 24.9 Å². The second-order valence-corrected chi connectivity index (χ2v) is 7.18. The smallest absolute Gasteiger partial charge is 0.321 e. The van der Waals surface area contributed by atoms with E-state index in [1.54, 1.807) is 0 Å². The molecule has 1 aliphatic rings. The Hall–Kier alpha value is -1.15. The van der Waals surface area contributed by atoms with Crippen LogP contribution in [-0.4, -0.2) is 48.3 Å². The van der Waals surface area contributed by atoms with Gasteiger partial charge >= 0.3 is 6.01 Å². The lowest BCUT2D eigenvalue weighted by Crippen LogP contribution is -2.41. The molecule has 0 atom stereocenters. The first kappa shape index (κ1) is 14.3. The van der Waals surface area contributed by atoms with Gasteiger partial charge < -0.3 is 9.84 Å². The molecule has 19 heavy (non-hydrogen) atoms. The number of hydrogen-bond acceptors (Lipinski definition) is 6. The molecule has 2 heterocycles. The van der Waals surface area contributed by atoms with Crippen molar-refractivity contribution in [3.63, 3.8) is 0 Å². The largest absolute Gasteiger partial charge is 0.335 e. The topological polar surface area (TPSA) is 88.3 Å². The maximum absolute atomic E-state index is 11.4. The SMILES string of the molecule is CC(C)c1noc(NC2CCN(S(C)(=O)=O)CC2)n1. The summed E-state index contributed by atoms with van der Waals surface area (Å²) in [6.45, 7) is 5.06. The number of nitrogens with one attached hydrogen (secondary N) is 1. The van der Waals surface area contributed by atoms with Crippen LogP contribution in [0.1, 0.15) is 38.4 Å². The summed E-state index contributed by atoms with van der Waals surface area (Å²) in [5.74, 6) is 0.905. The highest BCUT2D eigenvalue weighted by molar-refractivity contribution is 7.88. The Bertz CT molecular complexity index is 518. The molecule has 0 amide bonds. The van der Waals surface area contributed by atoms with Gasteiger partial charge in [0.2, 0.25) is 10.0 Å². The molecule has 8 heteroatoms. The first-order chi connectivity index (χ1) is 8.86. The summed E-state index contributed by atoms with van der Waals surface area (Å²) in [7, 11) is -3.08. The van der Waals surface area contributed by atoms with E-state index in [-0.39, 0.29) is 12.0 Å². The zero-order valence-electron chi connectivity index (χ0n) is 11.5. The van der Waals surface area contributed by atoms with Crippen LogP contribution in [0.15, 0.2) is 4.52 Å². The Morgan fingerprint density at radius 1 is 1.37 bits per heavy atom. The quantitative estimate of drug-likeness (QED) is 0.890. The van der Waals surface area contributed by atoms with Crippen LogP contribution in [0.5, 0.6) is 0 Å². The summed E-state index contributed by atoms with van der Waals surface area (Å²) in [5, 5.41) is 7.05. The molecule has 1 saturated heterocycles. The van der Waals surface area contributed by atoms with Crippen LogP contribution in [0.2, 0.25) is 0 Å². The molecule has 7 nitrogen and oxygen atoms in total. The molecule has 0 spiro atoms. The lowest BCUT2D eigenvalue weighted by atomic mass is 10.1. The fraction of sp³-hybridized carbons (Fsp3) is 0.818. The molecule has 0 unspecified atom stereocenters. The van der Waals surface area contributed by atoms with Gasteiger partial charge in [0.15, 0.2) is 5.82 Å². The average Bonchev–Trinajstić information content (AvgIpc) is 2.77. The average molecular weight is 288 g/mol. The summed E-state index contributed by atoms with van der Waals surface area (Å²) >= 11 is 0. The van der Waals surface area contributed by atoms with Crippen molar-refractivity contribution in [1.82, 2.24) is 14.4 Å². The number of piperidine rings is 1. The molecule has 1 aromatic rings. The van der Waals surface area contributed by atoms with E-state index in [2.05, 4.69) is 15.5 Å². The maximum atomic E-state index is 11.4. The predicted octanol–water partition coefficient (Wildman–Crippen LogP) is 1.03. The van der Waals surface area contributed by atoms with Crippen molar-refractivity contribution in [2.75, 3.05) is 24.7 Å². The minimum Gasteiger partial charge on any atom is -0.335 e. The van der Waals surface area contributed by atoms with Crippen molar-refractivity contribution in [2.24, 2.45) is 0 Å². The van der Waals surface area contributed by atoms with Crippen LogP contribution in [-0.2, 0) is 10.0 Å². The van der Waals surface area contributed by atoms with Gasteiger partial charge in [-0.05, 0) is 12.8 Å². The zero-order chi connectivity index (χ0) is 14.0. The minimum atomic E-state index is -3.08. The predicted molar refractivity (Wildman–Crippen MR) is 71.4 cm³/mol. The van der Waals surface area contributed by atoms with Crippen molar-refractivity contribution in [3.05, 3.63) is 5.82 Å². The molecule has 108 valence electrons. The van der Waals surface area contributed by atoms with Crippen LogP contribution in [0, 0.1) is 0 Å². The Morgan fingerprint density at radius 3 is 2.47 bits per heavy atom. The zero-order valence-corrected chi connectivity index (χ0v) is 12.3. The van der Waals surface area contributed by atoms with E-state index < -0.39 is 10.0 Å². The summed E-state index contributed by atoms with van der Waals surface area (Å²) in [5.41, 5.74) is 0. The van der Waals surface area contributed by atoms with Crippen molar-refractivity contribution in [1.29, 1.82) is 0 Å². The third kappa shape index (κ3) is 3.66. The standard InChI is InChI=1S/C11H20N4O3S/c1-8(2)10-13-11(18-14-10)12-9-4-6-15(7-5-9)19(3,16)17/h8-9H,4-7H2,1-3H3,(H,12,13,14). The fourth-order valence-electron chi connectivity index (χ4n) is 2.03. The van der Waals surface area contributed by atoms with Crippen molar-refractivity contribution >= 4 is 16.0 Å². The molecule has 0 bridgehead atoms. The number of aromatic nitrogens is 2. The number of hydrogen-bond donors (Lipinski definition) is 1. The highest BCUT2D eigenvalue weighted by Crippen LogP contribution is 2.18. The molecule has 0 aromatic carbocycles. The molecular weight excluding hydrogens is 268 g/mol. The van der Waals surface area contributed by atoms with Gasteiger partial charge in [-0.3, -0.25) is 0 Å². The molecule has 1 fully saturated rings. The van der Waals surface area contributed by atoms with Gasteiger partial charge in [0, 0.05) is 25.0 Å². The molecule has 1 aliphatic heterocycles. The van der Waals surface area contributed by atoms with E-state index >= 15 is 0 Å². The maximum Gasteiger partial charge on any atom is 0.321 e. The van der Waals surface area contributed by atoms with Gasteiger partial charge in [-0.15, -0.1) is 0 Å². The van der Waals surface area contributed by atoms with E-state index in [4.69, 9.17) is 4.52 Å². The van der Waals surface area contributed by atoms with E-state index in [9.17, 15) is 8.42 Å². The third-order valence-corrected chi connectivity index (χ3v) is 4.51. The molecule has 0 aliphatic carbocycles. The Morgan fingerprint density at radius 2 is 2.00 bits per heavy atom. The highest BCUT2D eigenvalue weighted by atomic mass is 32.2. The number of nitrogens with zero attached hydrogens (tertiary/aromatic N) is 3. The second-order valence-electron chi connectivity index (χ2n) is 5.19. The molecular formula is C11H20N4O3S. The second kappa shape index (κ2) is 5.46. The fourth-order valence-corrected chi connectivity index (χ4v) is 2.91. The molecule has 1 N–H and O–H groups in total. The van der Waals surface area contributed by atoms with Crippen LogP contribution in [0.3, 0.4) is 0 Å². The molecule has 0 saturated carbocycles. The molecule has 1 aromatic heterocycles. The monoisotopic (exact) mass is 288 g/mol. The van der Waals surface area contributed by atoms with E-state index in [1.165, 1.54) is 10.6 Å². The van der Waals surface area contributed by atoms with Gasteiger partial charge in [-0.25, -0.2) is 12.7 Å². The normalized spacial score (nSPS) is 18.9. The van der Waals surface area contributed by atoms with Crippen LogP contribution in [0.4, 0.5) is 6.01 Å². The number of rotatable bonds is 4. The number of anilines is 1. The van der Waals surface area contributed by atoms with E-state index in [1.807, 2.05) is 13.8 Å². The Kier molecular flexibility index (Phi) is 4.10. The van der Waals surface area contributed by atoms with E-state index in [0.717, 1.165) is 12.8 Å². The van der Waals surface area contributed by atoms with Gasteiger partial charge in [0.25, 0.3) is 0 Å². The van der Waals surface area contributed by atoms with Crippen molar-refractivity contribution < 1.29 is 12.9 Å². The van der Waals surface area contributed by atoms with Gasteiger partial charge in [0.1, 0.15) is 0 Å². The third-order valence-electron chi connectivity index (χ3n) is 3.21. The van der Waals surface area contributed by atoms with Crippen LogP contribution in [0.25, 0.3) is 0 Å². The van der Waals surface area contributed by atoms with Gasteiger partial charge in [-0.2, -0.15) is 4.98 Å². The van der Waals surface area contributed by atoms with Gasteiger partial charge in [0.05, 0.1) is 6.26 Å². The van der Waals surface area contributed by atoms with Crippen LogP contribution < -0.4 is 5.32 Å². The van der Waals surface area contributed by atoms with Gasteiger partial charge in [-0.1, -0.05) is 19.0 Å². The summed E-state index contributed by atoms with van der Waals surface area (Å²) in [6.07, 6.45) is 2.73. The first-order valence-electron chi connectivity index (χ1n) is 6.41. The number of sulfonamides is 1. The summed E-state index contributed by atoms with van der Waals surface area (Å²) in [6, 6.07) is 0.597. The lowest BCUT2D eigenvalue weighted by molar-refractivity contribution is 0.325. The summed E-state index contributed by atoms with van der Waals surface area (Å²) in [4.78, 5) is 4.25. The van der Waals surface area contributed by atoms with Crippen molar-refractivity contribution in [3.8, 4) is 0 Å². The Labute approximate surface area is 113 Å². The Balaban J connectivity index is 1.88. The highest BCUT2D eigenvalue weighted by Gasteiger charge is 2.25. The molecule has 2 rings (SSSR count). The lowest BCUT2D eigenvalue weighted by Gasteiger charge is -2.30. The first-order valence-corrected chi connectivity index (χ1v) is 8.26.